The van der Waals surface area contributed by atoms with Gasteiger partial charge in [0.1, 0.15) is 12.4 Å². The molecule has 10 nitrogen and oxygen atoms in total. The van der Waals surface area contributed by atoms with Gasteiger partial charge in [0.25, 0.3) is 0 Å². The number of hydrogen-bond donors (Lipinski definition) is 0. The quantitative estimate of drug-likeness (QED) is 0.377. The van der Waals surface area contributed by atoms with Crippen molar-refractivity contribution in [3.8, 4) is 23.0 Å². The zero-order valence-corrected chi connectivity index (χ0v) is 19.7. The molecule has 1 aromatic carbocycles. The van der Waals surface area contributed by atoms with E-state index in [4.69, 9.17) is 24.7 Å². The van der Waals surface area contributed by atoms with Crippen LogP contribution in [0.5, 0.6) is 5.88 Å². The molecule has 5 aromatic rings. The van der Waals surface area contributed by atoms with E-state index >= 15 is 0 Å². The van der Waals surface area contributed by atoms with Crippen LogP contribution in [0.4, 0.5) is 5.82 Å². The zero-order chi connectivity index (χ0) is 23.8. The van der Waals surface area contributed by atoms with Gasteiger partial charge in [-0.05, 0) is 19.1 Å². The topological polar surface area (TPSA) is 87.5 Å². The Morgan fingerprint density at radius 3 is 2.57 bits per heavy atom. The van der Waals surface area contributed by atoms with Gasteiger partial charge in [-0.3, -0.25) is 4.68 Å². The molecule has 35 heavy (non-hydrogen) atoms. The van der Waals surface area contributed by atoms with E-state index in [1.165, 1.54) is 0 Å². The molecule has 4 aromatic heterocycles. The van der Waals surface area contributed by atoms with Crippen LogP contribution in [0.25, 0.3) is 22.7 Å². The molecular formula is C25H26N8O2. The molecule has 0 aliphatic carbocycles. The predicted octanol–water partition coefficient (Wildman–Crippen LogP) is 3.04. The second kappa shape index (κ2) is 8.88. The van der Waals surface area contributed by atoms with Crippen LogP contribution in [0.1, 0.15) is 11.4 Å². The molecule has 5 heterocycles. The molecule has 0 saturated carbocycles. The van der Waals surface area contributed by atoms with Crippen molar-refractivity contribution in [1.82, 2.24) is 34.2 Å². The summed E-state index contributed by atoms with van der Waals surface area (Å²) >= 11 is 0. The molecule has 10 heteroatoms. The molecule has 0 bridgehead atoms. The third-order valence-electron chi connectivity index (χ3n) is 6.02. The number of ether oxygens (including phenoxy) is 2. The van der Waals surface area contributed by atoms with E-state index in [1.54, 1.807) is 4.68 Å². The summed E-state index contributed by atoms with van der Waals surface area (Å²) in [5, 5.41) is 13.9. The highest BCUT2D eigenvalue weighted by molar-refractivity contribution is 5.61. The lowest BCUT2D eigenvalue weighted by Gasteiger charge is -2.29. The van der Waals surface area contributed by atoms with Crippen LogP contribution in [-0.2, 0) is 18.4 Å². The Kier molecular flexibility index (Phi) is 5.42. The summed E-state index contributed by atoms with van der Waals surface area (Å²) in [6.45, 7) is 5.26. The van der Waals surface area contributed by atoms with Gasteiger partial charge >= 0.3 is 0 Å². The van der Waals surface area contributed by atoms with Crippen molar-refractivity contribution >= 4 is 11.5 Å². The van der Waals surface area contributed by atoms with E-state index in [9.17, 15) is 0 Å². The largest absolute Gasteiger partial charge is 0.470 e. The minimum atomic E-state index is 0.336. The summed E-state index contributed by atoms with van der Waals surface area (Å²) < 4.78 is 17.0. The highest BCUT2D eigenvalue weighted by Crippen LogP contribution is 2.26. The SMILES string of the molecule is Cc1cc(-c2ccccc2)nn1-c1cc(N2CCOCC2)n2nc(OCc3ccn(C)n3)cc2n1. The van der Waals surface area contributed by atoms with E-state index in [0.29, 0.717) is 31.3 Å². The van der Waals surface area contributed by atoms with Gasteiger partial charge in [0.15, 0.2) is 11.5 Å². The first-order chi connectivity index (χ1) is 17.1. The third-order valence-corrected chi connectivity index (χ3v) is 6.02. The fourth-order valence-electron chi connectivity index (χ4n) is 4.27. The van der Waals surface area contributed by atoms with Gasteiger partial charge in [0.05, 0.1) is 24.6 Å². The van der Waals surface area contributed by atoms with Crippen LogP contribution in [0.2, 0.25) is 0 Å². The van der Waals surface area contributed by atoms with E-state index in [1.807, 2.05) is 65.8 Å². The molecule has 178 valence electrons. The third kappa shape index (κ3) is 4.24. The maximum Gasteiger partial charge on any atom is 0.235 e. The van der Waals surface area contributed by atoms with Crippen molar-refractivity contribution in [3.05, 3.63) is 72.2 Å². The van der Waals surface area contributed by atoms with Gasteiger partial charge in [0, 0.05) is 49.7 Å². The number of aryl methyl sites for hydroxylation is 2. The summed E-state index contributed by atoms with van der Waals surface area (Å²) in [7, 11) is 1.88. The van der Waals surface area contributed by atoms with E-state index in [-0.39, 0.29) is 0 Å². The van der Waals surface area contributed by atoms with Crippen molar-refractivity contribution in [1.29, 1.82) is 0 Å². The fraction of sp³-hybridized carbons (Fsp3) is 0.280. The summed E-state index contributed by atoms with van der Waals surface area (Å²) in [5.41, 5.74) is 4.51. The first kappa shape index (κ1) is 21.4. The Morgan fingerprint density at radius 1 is 0.971 bits per heavy atom. The Bertz CT molecular complexity index is 1460. The number of benzene rings is 1. The average molecular weight is 471 g/mol. The summed E-state index contributed by atoms with van der Waals surface area (Å²) in [6, 6.07) is 18.0. The summed E-state index contributed by atoms with van der Waals surface area (Å²) in [5.74, 6) is 2.16. The molecule has 0 unspecified atom stereocenters. The van der Waals surface area contributed by atoms with Gasteiger partial charge < -0.3 is 14.4 Å². The number of anilines is 1. The lowest BCUT2D eigenvalue weighted by molar-refractivity contribution is 0.122. The molecule has 1 aliphatic heterocycles. The molecule has 0 amide bonds. The van der Waals surface area contributed by atoms with Gasteiger partial charge in [-0.1, -0.05) is 30.3 Å². The lowest BCUT2D eigenvalue weighted by atomic mass is 10.1. The fourth-order valence-corrected chi connectivity index (χ4v) is 4.27. The molecular weight excluding hydrogens is 444 g/mol. The van der Waals surface area contributed by atoms with E-state index < -0.39 is 0 Å². The van der Waals surface area contributed by atoms with Crippen molar-refractivity contribution in [2.45, 2.75) is 13.5 Å². The molecule has 1 aliphatic rings. The van der Waals surface area contributed by atoms with E-state index in [0.717, 1.165) is 47.4 Å². The van der Waals surface area contributed by atoms with Gasteiger partial charge in [-0.15, -0.1) is 5.10 Å². The number of rotatable bonds is 6. The minimum absolute atomic E-state index is 0.336. The Hall–Kier alpha value is -4.18. The van der Waals surface area contributed by atoms with Crippen LogP contribution in [0, 0.1) is 6.92 Å². The minimum Gasteiger partial charge on any atom is -0.470 e. The summed E-state index contributed by atoms with van der Waals surface area (Å²) in [4.78, 5) is 7.15. The number of hydrogen-bond acceptors (Lipinski definition) is 7. The monoisotopic (exact) mass is 470 g/mol. The second-order valence-electron chi connectivity index (χ2n) is 8.54. The van der Waals surface area contributed by atoms with Crippen molar-refractivity contribution in [2.75, 3.05) is 31.2 Å². The van der Waals surface area contributed by atoms with Crippen molar-refractivity contribution in [3.63, 3.8) is 0 Å². The van der Waals surface area contributed by atoms with Crippen LogP contribution < -0.4 is 9.64 Å². The summed E-state index contributed by atoms with van der Waals surface area (Å²) in [6.07, 6.45) is 1.89. The maximum absolute atomic E-state index is 5.95. The number of morpholine rings is 1. The van der Waals surface area contributed by atoms with Crippen LogP contribution in [0.3, 0.4) is 0 Å². The highest BCUT2D eigenvalue weighted by Gasteiger charge is 2.20. The molecule has 0 N–H and O–H groups in total. The lowest BCUT2D eigenvalue weighted by Crippen LogP contribution is -2.37. The standard InChI is InChI=1S/C25H26N8O2/c1-18-14-21(19-6-4-3-5-7-19)28-32(18)23-16-25(31-10-12-34-13-11-31)33-22(26-23)15-24(29-33)35-17-20-8-9-30(2)27-20/h3-9,14-16H,10-13,17H2,1-2H3. The maximum atomic E-state index is 5.95. The van der Waals surface area contributed by atoms with Crippen LogP contribution in [0.15, 0.2) is 60.8 Å². The first-order valence-electron chi connectivity index (χ1n) is 11.6. The molecule has 0 spiro atoms. The molecule has 1 saturated heterocycles. The number of nitrogens with zero attached hydrogens (tertiary/aromatic N) is 8. The van der Waals surface area contributed by atoms with E-state index in [2.05, 4.69) is 28.2 Å². The van der Waals surface area contributed by atoms with Gasteiger partial charge in [-0.2, -0.15) is 14.7 Å². The van der Waals surface area contributed by atoms with Crippen molar-refractivity contribution < 1.29 is 9.47 Å². The smallest absolute Gasteiger partial charge is 0.235 e. The Morgan fingerprint density at radius 2 is 1.80 bits per heavy atom. The van der Waals surface area contributed by atoms with Crippen LogP contribution >= 0.6 is 0 Å². The Balaban J connectivity index is 1.40. The normalized spacial score (nSPS) is 14.1. The van der Waals surface area contributed by atoms with Gasteiger partial charge in [0.2, 0.25) is 5.88 Å². The van der Waals surface area contributed by atoms with Gasteiger partial charge in [-0.25, -0.2) is 9.67 Å². The number of aromatic nitrogens is 7. The molecule has 6 rings (SSSR count). The molecule has 0 radical (unpaired) electrons. The number of fused-ring (bicyclic) bond motifs is 1. The molecule has 0 atom stereocenters. The average Bonchev–Trinajstić information content (AvgIpc) is 3.61. The zero-order valence-electron chi connectivity index (χ0n) is 19.7. The Labute approximate surface area is 202 Å². The predicted molar refractivity (Wildman–Crippen MR) is 131 cm³/mol. The van der Waals surface area contributed by atoms with Crippen LogP contribution in [-0.4, -0.2) is 60.5 Å². The first-order valence-corrected chi connectivity index (χ1v) is 11.6. The highest BCUT2D eigenvalue weighted by atomic mass is 16.5. The second-order valence-corrected chi connectivity index (χ2v) is 8.54. The molecule has 1 fully saturated rings. The van der Waals surface area contributed by atoms with Crippen molar-refractivity contribution in [2.24, 2.45) is 7.05 Å².